The molecule has 0 bridgehead atoms. The molecule has 28 heavy (non-hydrogen) atoms. The van der Waals surface area contributed by atoms with Crippen molar-refractivity contribution < 1.29 is 9.53 Å². The second kappa shape index (κ2) is 7.28. The minimum Gasteiger partial charge on any atom is -0.378 e. The van der Waals surface area contributed by atoms with Crippen molar-refractivity contribution in [3.8, 4) is 0 Å². The topological polar surface area (TPSA) is 59.4 Å². The lowest BCUT2D eigenvalue weighted by atomic mass is 10.1. The molecule has 1 N–H and O–H groups in total. The van der Waals surface area contributed by atoms with Crippen molar-refractivity contribution in [1.82, 2.24) is 14.9 Å². The van der Waals surface area contributed by atoms with Gasteiger partial charge in [0, 0.05) is 30.7 Å². The van der Waals surface area contributed by atoms with Crippen LogP contribution in [0.4, 0.5) is 5.69 Å². The maximum Gasteiger partial charge on any atom is 0.253 e. The number of rotatable bonds is 5. The van der Waals surface area contributed by atoms with E-state index < -0.39 is 0 Å². The fourth-order valence-corrected chi connectivity index (χ4v) is 3.70. The lowest BCUT2D eigenvalue weighted by molar-refractivity contribution is 0.0953. The van der Waals surface area contributed by atoms with Gasteiger partial charge in [-0.15, -0.1) is 0 Å². The SMILES string of the molecule is O=C(NC1[CH]C1)c1cccc2ccn(Cc3ccc(N4CCOCC4)cn3)c12. The Morgan fingerprint density at radius 3 is 2.79 bits per heavy atom. The molecule has 6 heteroatoms. The Bertz CT molecular complexity index is 985. The molecule has 3 aromatic rings. The van der Waals surface area contributed by atoms with Crippen LogP contribution in [0.2, 0.25) is 0 Å². The number of para-hydroxylation sites is 1. The number of anilines is 1. The van der Waals surface area contributed by atoms with E-state index in [0.29, 0.717) is 12.1 Å². The largest absolute Gasteiger partial charge is 0.378 e. The molecule has 1 unspecified atom stereocenters. The number of nitrogens with zero attached hydrogens (tertiary/aromatic N) is 3. The highest BCUT2D eigenvalue weighted by atomic mass is 16.5. The number of carbonyl (C=O) groups excluding carboxylic acids is 1. The molecule has 1 amide bonds. The molecule has 143 valence electrons. The van der Waals surface area contributed by atoms with Crippen LogP contribution < -0.4 is 10.2 Å². The summed E-state index contributed by atoms with van der Waals surface area (Å²) in [5.41, 5.74) is 3.78. The van der Waals surface area contributed by atoms with Gasteiger partial charge >= 0.3 is 0 Å². The van der Waals surface area contributed by atoms with Crippen LogP contribution in [0.1, 0.15) is 22.5 Å². The third-order valence-corrected chi connectivity index (χ3v) is 5.34. The number of pyridine rings is 1. The van der Waals surface area contributed by atoms with Crippen molar-refractivity contribution >= 4 is 22.5 Å². The standard InChI is InChI=1S/C22H23N4O2/c27-22(24-17-4-5-17)20-3-1-2-16-8-9-26(21(16)20)15-18-6-7-19(14-23-18)25-10-12-28-13-11-25/h1-4,6-9,14,17H,5,10-13,15H2,(H,24,27). The summed E-state index contributed by atoms with van der Waals surface area (Å²) in [5.74, 6) is -0.0140. The van der Waals surface area contributed by atoms with Crippen LogP contribution in [0.25, 0.3) is 10.9 Å². The van der Waals surface area contributed by atoms with Crippen LogP contribution in [-0.4, -0.2) is 47.8 Å². The molecule has 1 atom stereocenters. The number of nitrogens with one attached hydrogen (secondary N) is 1. The Morgan fingerprint density at radius 1 is 1.18 bits per heavy atom. The second-order valence-electron chi connectivity index (χ2n) is 7.35. The summed E-state index contributed by atoms with van der Waals surface area (Å²) in [6.45, 7) is 3.97. The van der Waals surface area contributed by atoms with E-state index in [2.05, 4.69) is 44.4 Å². The molecule has 2 aromatic heterocycles. The van der Waals surface area contributed by atoms with Crippen LogP contribution >= 0.6 is 0 Å². The van der Waals surface area contributed by atoms with Crippen LogP contribution in [0.3, 0.4) is 0 Å². The van der Waals surface area contributed by atoms with Crippen molar-refractivity contribution in [3.05, 3.63) is 66.5 Å². The average molecular weight is 375 g/mol. The van der Waals surface area contributed by atoms with Crippen molar-refractivity contribution in [3.63, 3.8) is 0 Å². The van der Waals surface area contributed by atoms with Gasteiger partial charge in [-0.2, -0.15) is 0 Å². The number of carbonyl (C=O) groups is 1. The molecule has 1 aromatic carbocycles. The number of hydrogen-bond acceptors (Lipinski definition) is 4. The Kier molecular flexibility index (Phi) is 4.49. The van der Waals surface area contributed by atoms with E-state index in [1.165, 1.54) is 0 Å². The molecule has 1 saturated carbocycles. The number of hydrogen-bond donors (Lipinski definition) is 1. The molecule has 1 aliphatic heterocycles. The molecule has 1 saturated heterocycles. The molecular weight excluding hydrogens is 352 g/mol. The fraction of sp³-hybridized carbons (Fsp3) is 0.318. The minimum absolute atomic E-state index is 0.0140. The van der Waals surface area contributed by atoms with Crippen molar-refractivity contribution in [1.29, 1.82) is 0 Å². The van der Waals surface area contributed by atoms with Gasteiger partial charge in [0.25, 0.3) is 5.91 Å². The zero-order chi connectivity index (χ0) is 18.9. The first-order chi connectivity index (χ1) is 13.8. The van der Waals surface area contributed by atoms with E-state index in [1.807, 2.05) is 30.6 Å². The van der Waals surface area contributed by atoms with Gasteiger partial charge in [-0.3, -0.25) is 9.78 Å². The third kappa shape index (κ3) is 3.47. The van der Waals surface area contributed by atoms with E-state index in [0.717, 1.165) is 55.0 Å². The highest BCUT2D eigenvalue weighted by molar-refractivity contribution is 6.06. The predicted molar refractivity (Wildman–Crippen MR) is 108 cm³/mol. The van der Waals surface area contributed by atoms with E-state index in [1.54, 1.807) is 0 Å². The van der Waals surface area contributed by atoms with Crippen LogP contribution in [0.15, 0.2) is 48.8 Å². The van der Waals surface area contributed by atoms with Gasteiger partial charge in [0.15, 0.2) is 0 Å². The summed E-state index contributed by atoms with van der Waals surface area (Å²) >= 11 is 0. The second-order valence-corrected chi connectivity index (χ2v) is 7.35. The summed E-state index contributed by atoms with van der Waals surface area (Å²) in [7, 11) is 0. The Balaban J connectivity index is 1.39. The van der Waals surface area contributed by atoms with Gasteiger partial charge < -0.3 is 19.5 Å². The molecule has 2 aliphatic rings. The third-order valence-electron chi connectivity index (χ3n) is 5.34. The quantitative estimate of drug-likeness (QED) is 0.745. The summed E-state index contributed by atoms with van der Waals surface area (Å²) in [6.07, 6.45) is 7.02. The van der Waals surface area contributed by atoms with Gasteiger partial charge in [0.1, 0.15) is 0 Å². The van der Waals surface area contributed by atoms with Crippen molar-refractivity contribution in [2.24, 2.45) is 0 Å². The normalized spacial score (nSPS) is 17.1. The number of morpholine rings is 1. The van der Waals surface area contributed by atoms with E-state index >= 15 is 0 Å². The lowest BCUT2D eigenvalue weighted by Gasteiger charge is -2.28. The number of amides is 1. The summed E-state index contributed by atoms with van der Waals surface area (Å²) in [5, 5.41) is 4.11. The van der Waals surface area contributed by atoms with E-state index in [9.17, 15) is 4.79 Å². The smallest absolute Gasteiger partial charge is 0.253 e. The first kappa shape index (κ1) is 17.3. The summed E-state index contributed by atoms with van der Waals surface area (Å²) < 4.78 is 7.52. The molecular formula is C22H23N4O2. The lowest BCUT2D eigenvalue weighted by Crippen LogP contribution is -2.36. The number of ether oxygens (including phenoxy) is 1. The molecule has 5 rings (SSSR count). The molecule has 1 aliphatic carbocycles. The maximum atomic E-state index is 12.7. The number of fused-ring (bicyclic) bond motifs is 1. The van der Waals surface area contributed by atoms with Crippen LogP contribution in [0, 0.1) is 6.42 Å². The minimum atomic E-state index is -0.0140. The van der Waals surface area contributed by atoms with Gasteiger partial charge in [-0.25, -0.2) is 0 Å². The molecule has 6 nitrogen and oxygen atoms in total. The average Bonchev–Trinajstić information content (AvgIpc) is 3.47. The highest BCUT2D eigenvalue weighted by Gasteiger charge is 2.25. The predicted octanol–water partition coefficient (Wildman–Crippen LogP) is 2.63. The molecule has 2 fully saturated rings. The van der Waals surface area contributed by atoms with Gasteiger partial charge in [-0.1, -0.05) is 12.1 Å². The molecule has 0 spiro atoms. The van der Waals surface area contributed by atoms with Gasteiger partial charge in [-0.05, 0) is 37.1 Å². The first-order valence-corrected chi connectivity index (χ1v) is 9.77. The summed E-state index contributed by atoms with van der Waals surface area (Å²) in [4.78, 5) is 19.6. The van der Waals surface area contributed by atoms with Crippen LogP contribution in [0.5, 0.6) is 0 Å². The fourth-order valence-electron chi connectivity index (χ4n) is 3.70. The zero-order valence-electron chi connectivity index (χ0n) is 15.7. The van der Waals surface area contributed by atoms with Crippen molar-refractivity contribution in [2.75, 3.05) is 31.2 Å². The zero-order valence-corrected chi connectivity index (χ0v) is 15.7. The number of benzene rings is 1. The summed E-state index contributed by atoms with van der Waals surface area (Å²) in [6, 6.07) is 12.3. The van der Waals surface area contributed by atoms with E-state index in [-0.39, 0.29) is 11.9 Å². The monoisotopic (exact) mass is 375 g/mol. The highest BCUT2D eigenvalue weighted by Crippen LogP contribution is 2.24. The molecule has 3 heterocycles. The number of aromatic nitrogens is 2. The van der Waals surface area contributed by atoms with Gasteiger partial charge in [0.05, 0.1) is 48.4 Å². The maximum absolute atomic E-state index is 12.7. The van der Waals surface area contributed by atoms with Crippen molar-refractivity contribution in [2.45, 2.75) is 19.0 Å². The van der Waals surface area contributed by atoms with Crippen LogP contribution in [-0.2, 0) is 11.3 Å². The van der Waals surface area contributed by atoms with E-state index in [4.69, 9.17) is 4.74 Å². The van der Waals surface area contributed by atoms with Gasteiger partial charge in [0.2, 0.25) is 0 Å². The molecule has 1 radical (unpaired) electrons. The Morgan fingerprint density at radius 2 is 2.04 bits per heavy atom. The first-order valence-electron chi connectivity index (χ1n) is 9.77. The Labute approximate surface area is 164 Å². The Hall–Kier alpha value is -2.86.